The SMILES string of the molecule is CCN(CC)C(=O)c1sc2ncn(C3CC(=O)N(C(C)C)C3)c(=O)c2c1C. The maximum atomic E-state index is 13.1. The van der Waals surface area contributed by atoms with E-state index in [9.17, 15) is 14.4 Å². The number of aromatic nitrogens is 2. The monoisotopic (exact) mass is 390 g/mol. The summed E-state index contributed by atoms with van der Waals surface area (Å²) in [6.45, 7) is 11.4. The maximum absolute atomic E-state index is 13.1. The van der Waals surface area contributed by atoms with E-state index < -0.39 is 0 Å². The number of thiophene rings is 1. The summed E-state index contributed by atoms with van der Waals surface area (Å²) in [7, 11) is 0. The lowest BCUT2D eigenvalue weighted by Gasteiger charge is -2.21. The van der Waals surface area contributed by atoms with Gasteiger partial charge in [0.15, 0.2) is 0 Å². The zero-order valence-electron chi connectivity index (χ0n) is 16.5. The van der Waals surface area contributed by atoms with Crippen molar-refractivity contribution < 1.29 is 9.59 Å². The molecule has 0 radical (unpaired) electrons. The summed E-state index contributed by atoms with van der Waals surface area (Å²) in [6, 6.07) is -0.110. The molecular weight excluding hydrogens is 364 g/mol. The largest absolute Gasteiger partial charge is 0.338 e. The molecule has 1 aliphatic heterocycles. The zero-order chi connectivity index (χ0) is 19.9. The Hall–Kier alpha value is -2.22. The Morgan fingerprint density at radius 1 is 1.33 bits per heavy atom. The Bertz CT molecular complexity index is 942. The molecular formula is C19H26N4O3S. The highest BCUT2D eigenvalue weighted by molar-refractivity contribution is 7.20. The zero-order valence-corrected chi connectivity index (χ0v) is 17.3. The van der Waals surface area contributed by atoms with Gasteiger partial charge >= 0.3 is 0 Å². The van der Waals surface area contributed by atoms with E-state index in [0.29, 0.717) is 46.7 Å². The standard InChI is InChI=1S/C19H26N4O3S/c1-6-21(7-2)19(26)16-12(5)15-17(27-16)20-10-23(18(15)25)13-8-14(24)22(9-13)11(3)4/h10-11,13H,6-9H2,1-5H3. The van der Waals surface area contributed by atoms with E-state index in [0.717, 1.165) is 0 Å². The van der Waals surface area contributed by atoms with Crippen LogP contribution in [0.2, 0.25) is 0 Å². The second-order valence-corrected chi connectivity index (χ2v) is 8.17. The predicted molar refractivity (Wildman–Crippen MR) is 106 cm³/mol. The molecule has 0 aromatic carbocycles. The first kappa shape index (κ1) is 19.5. The molecule has 0 N–H and O–H groups in total. The van der Waals surface area contributed by atoms with E-state index >= 15 is 0 Å². The fourth-order valence-corrected chi connectivity index (χ4v) is 4.76. The number of carbonyl (C=O) groups is 2. The number of amides is 2. The van der Waals surface area contributed by atoms with Crippen LogP contribution in [-0.4, -0.2) is 56.8 Å². The quantitative estimate of drug-likeness (QED) is 0.786. The van der Waals surface area contributed by atoms with Crippen LogP contribution in [0.4, 0.5) is 0 Å². The molecule has 27 heavy (non-hydrogen) atoms. The predicted octanol–water partition coefficient (Wildman–Crippen LogP) is 2.43. The van der Waals surface area contributed by atoms with E-state index in [1.807, 2.05) is 34.6 Å². The van der Waals surface area contributed by atoms with Crippen LogP contribution in [-0.2, 0) is 4.79 Å². The molecule has 0 saturated carbocycles. The van der Waals surface area contributed by atoms with Crippen molar-refractivity contribution in [2.24, 2.45) is 0 Å². The van der Waals surface area contributed by atoms with E-state index in [2.05, 4.69) is 4.98 Å². The fraction of sp³-hybridized carbons (Fsp3) is 0.579. The maximum Gasteiger partial charge on any atom is 0.264 e. The summed E-state index contributed by atoms with van der Waals surface area (Å²) < 4.78 is 1.56. The van der Waals surface area contributed by atoms with Gasteiger partial charge in [-0.1, -0.05) is 0 Å². The third-order valence-corrected chi connectivity index (χ3v) is 6.46. The van der Waals surface area contributed by atoms with Crippen LogP contribution in [0, 0.1) is 6.92 Å². The van der Waals surface area contributed by atoms with Crippen molar-refractivity contribution in [3.05, 3.63) is 27.1 Å². The van der Waals surface area contributed by atoms with Gasteiger partial charge in [0.25, 0.3) is 11.5 Å². The minimum atomic E-state index is -0.217. The number of aryl methyl sites for hydroxylation is 1. The molecule has 2 aromatic heterocycles. The molecule has 1 fully saturated rings. The summed E-state index contributed by atoms with van der Waals surface area (Å²) in [6.07, 6.45) is 1.83. The van der Waals surface area contributed by atoms with Crippen LogP contribution < -0.4 is 5.56 Å². The third kappa shape index (κ3) is 3.26. The number of rotatable bonds is 5. The molecule has 0 aliphatic carbocycles. The fourth-order valence-electron chi connectivity index (χ4n) is 3.65. The third-order valence-electron chi connectivity index (χ3n) is 5.28. The van der Waals surface area contributed by atoms with E-state index in [1.165, 1.54) is 17.7 Å². The van der Waals surface area contributed by atoms with Gasteiger partial charge in [0.1, 0.15) is 4.83 Å². The van der Waals surface area contributed by atoms with Crippen molar-refractivity contribution >= 4 is 33.4 Å². The Kier molecular flexibility index (Phi) is 5.37. The van der Waals surface area contributed by atoms with Crippen LogP contribution in [0.15, 0.2) is 11.1 Å². The average molecular weight is 391 g/mol. The number of hydrogen-bond donors (Lipinski definition) is 0. The molecule has 2 aromatic rings. The minimum Gasteiger partial charge on any atom is -0.338 e. The first-order valence-corrected chi connectivity index (χ1v) is 10.2. The Labute approximate surface area is 162 Å². The normalized spacial score (nSPS) is 17.3. The second-order valence-electron chi connectivity index (χ2n) is 7.17. The molecule has 3 heterocycles. The van der Waals surface area contributed by atoms with Gasteiger partial charge in [0.2, 0.25) is 5.91 Å². The number of likely N-dealkylation sites (tertiary alicyclic amines) is 1. The Morgan fingerprint density at radius 3 is 2.56 bits per heavy atom. The Balaban J connectivity index is 2.04. The van der Waals surface area contributed by atoms with Crippen molar-refractivity contribution in [1.82, 2.24) is 19.4 Å². The highest BCUT2D eigenvalue weighted by Gasteiger charge is 2.33. The van der Waals surface area contributed by atoms with Crippen molar-refractivity contribution in [3.63, 3.8) is 0 Å². The number of fused-ring (bicyclic) bond motifs is 1. The van der Waals surface area contributed by atoms with Crippen molar-refractivity contribution in [2.75, 3.05) is 19.6 Å². The molecule has 8 heteroatoms. The average Bonchev–Trinajstić information content (AvgIpc) is 3.17. The lowest BCUT2D eigenvalue weighted by atomic mass is 10.2. The molecule has 1 saturated heterocycles. The molecule has 3 rings (SSSR count). The molecule has 0 bridgehead atoms. The summed E-state index contributed by atoms with van der Waals surface area (Å²) in [4.78, 5) is 47.2. The molecule has 1 atom stereocenters. The number of carbonyl (C=O) groups excluding carboxylic acids is 2. The van der Waals surface area contributed by atoms with Crippen LogP contribution in [0.1, 0.15) is 55.4 Å². The molecule has 1 aliphatic rings. The van der Waals surface area contributed by atoms with Gasteiger partial charge in [0, 0.05) is 32.1 Å². The molecule has 0 spiro atoms. The van der Waals surface area contributed by atoms with E-state index in [1.54, 1.807) is 14.4 Å². The number of nitrogens with zero attached hydrogens (tertiary/aromatic N) is 4. The summed E-state index contributed by atoms with van der Waals surface area (Å²) in [5.74, 6) is -0.00471. The van der Waals surface area contributed by atoms with Crippen LogP contribution in [0.25, 0.3) is 10.2 Å². The first-order valence-electron chi connectivity index (χ1n) is 9.39. The smallest absolute Gasteiger partial charge is 0.264 e. The highest BCUT2D eigenvalue weighted by Crippen LogP contribution is 2.29. The summed E-state index contributed by atoms with van der Waals surface area (Å²) >= 11 is 1.27. The van der Waals surface area contributed by atoms with E-state index in [-0.39, 0.29) is 29.5 Å². The second kappa shape index (κ2) is 7.42. The van der Waals surface area contributed by atoms with Gasteiger partial charge in [-0.3, -0.25) is 19.0 Å². The lowest BCUT2D eigenvalue weighted by molar-refractivity contribution is -0.129. The van der Waals surface area contributed by atoms with Gasteiger partial charge in [-0.15, -0.1) is 11.3 Å². The lowest BCUT2D eigenvalue weighted by Crippen LogP contribution is -2.33. The van der Waals surface area contributed by atoms with Gasteiger partial charge in [0.05, 0.1) is 22.6 Å². The minimum absolute atomic E-state index is 0.0569. The van der Waals surface area contributed by atoms with Gasteiger partial charge in [-0.05, 0) is 40.2 Å². The van der Waals surface area contributed by atoms with Crippen LogP contribution in [0.5, 0.6) is 0 Å². The van der Waals surface area contributed by atoms with E-state index in [4.69, 9.17) is 0 Å². The highest BCUT2D eigenvalue weighted by atomic mass is 32.1. The first-order chi connectivity index (χ1) is 12.8. The van der Waals surface area contributed by atoms with Crippen LogP contribution in [0.3, 0.4) is 0 Å². The van der Waals surface area contributed by atoms with Gasteiger partial charge in [-0.2, -0.15) is 0 Å². The van der Waals surface area contributed by atoms with Gasteiger partial charge < -0.3 is 9.80 Å². The van der Waals surface area contributed by atoms with Crippen molar-refractivity contribution in [1.29, 1.82) is 0 Å². The molecule has 146 valence electrons. The Morgan fingerprint density at radius 2 is 2.00 bits per heavy atom. The van der Waals surface area contributed by atoms with Crippen molar-refractivity contribution in [2.45, 2.75) is 53.1 Å². The molecule has 1 unspecified atom stereocenters. The van der Waals surface area contributed by atoms with Gasteiger partial charge in [-0.25, -0.2) is 4.98 Å². The van der Waals surface area contributed by atoms with Crippen LogP contribution >= 0.6 is 11.3 Å². The topological polar surface area (TPSA) is 75.5 Å². The molecule has 7 nitrogen and oxygen atoms in total. The van der Waals surface area contributed by atoms with Crippen molar-refractivity contribution in [3.8, 4) is 0 Å². The molecule has 2 amide bonds. The summed E-state index contributed by atoms with van der Waals surface area (Å²) in [5, 5.41) is 0.494. The summed E-state index contributed by atoms with van der Waals surface area (Å²) in [5.41, 5.74) is 0.513. The number of hydrogen-bond acceptors (Lipinski definition) is 5.